The van der Waals surface area contributed by atoms with Crippen LogP contribution >= 0.6 is 0 Å². The predicted molar refractivity (Wildman–Crippen MR) is 65.5 cm³/mol. The van der Waals surface area contributed by atoms with Gasteiger partial charge in [-0.25, -0.2) is 4.98 Å². The molecule has 0 aromatic carbocycles. The predicted octanol–water partition coefficient (Wildman–Crippen LogP) is 2.54. The number of oxazole rings is 1. The van der Waals surface area contributed by atoms with E-state index < -0.39 is 0 Å². The van der Waals surface area contributed by atoms with Crippen molar-refractivity contribution in [3.05, 3.63) is 47.4 Å². The lowest BCUT2D eigenvalue weighted by Crippen LogP contribution is -2.18. The Hall–Kier alpha value is -1.68. The fourth-order valence-electron chi connectivity index (χ4n) is 1.61. The summed E-state index contributed by atoms with van der Waals surface area (Å²) in [6.45, 7) is 6.60. The maximum Gasteiger partial charge on any atom is 0.208 e. The zero-order chi connectivity index (χ0) is 12.3. The highest BCUT2D eigenvalue weighted by Gasteiger charge is 2.08. The van der Waals surface area contributed by atoms with Crippen LogP contribution in [0.2, 0.25) is 0 Å². The van der Waals surface area contributed by atoms with Crippen LogP contribution in [0, 0.1) is 13.8 Å². The molecule has 0 saturated carbocycles. The van der Waals surface area contributed by atoms with E-state index in [1.807, 2.05) is 26.1 Å². The van der Waals surface area contributed by atoms with E-state index in [1.165, 1.54) is 0 Å². The molecule has 2 aromatic heterocycles. The van der Waals surface area contributed by atoms with Gasteiger partial charge in [-0.15, -0.1) is 0 Å². The molecule has 0 fully saturated rings. The maximum atomic E-state index is 5.51. The van der Waals surface area contributed by atoms with Crippen LogP contribution in [0.15, 0.2) is 28.9 Å². The third-order valence-electron chi connectivity index (χ3n) is 2.82. The number of rotatable bonds is 4. The standard InChI is InChI=1S/C13H17N3O/c1-9-11(3)17-13(16-9)8-15-10(2)12-5-4-6-14-7-12/h4-7,10,15H,8H2,1-3H3/t10-/m1/s1. The number of aromatic nitrogens is 2. The van der Waals surface area contributed by atoms with Gasteiger partial charge in [-0.3, -0.25) is 4.98 Å². The smallest absolute Gasteiger partial charge is 0.208 e. The molecule has 90 valence electrons. The van der Waals surface area contributed by atoms with Crippen molar-refractivity contribution in [3.63, 3.8) is 0 Å². The Morgan fingerprint density at radius 2 is 2.24 bits per heavy atom. The fraction of sp³-hybridized carbons (Fsp3) is 0.385. The van der Waals surface area contributed by atoms with Crippen molar-refractivity contribution in [2.75, 3.05) is 0 Å². The highest BCUT2D eigenvalue weighted by molar-refractivity contribution is 5.13. The Bertz CT molecular complexity index is 459. The molecule has 0 spiro atoms. The third-order valence-corrected chi connectivity index (χ3v) is 2.82. The Morgan fingerprint density at radius 3 is 2.82 bits per heavy atom. The summed E-state index contributed by atoms with van der Waals surface area (Å²) in [5.41, 5.74) is 2.11. The Kier molecular flexibility index (Phi) is 3.54. The molecule has 0 saturated heterocycles. The van der Waals surface area contributed by atoms with Crippen LogP contribution in [0.1, 0.15) is 35.9 Å². The van der Waals surface area contributed by atoms with Gasteiger partial charge >= 0.3 is 0 Å². The molecule has 0 aliphatic carbocycles. The van der Waals surface area contributed by atoms with Gasteiger partial charge < -0.3 is 9.73 Å². The molecule has 1 N–H and O–H groups in total. The van der Waals surface area contributed by atoms with E-state index >= 15 is 0 Å². The van der Waals surface area contributed by atoms with Crippen molar-refractivity contribution in [2.24, 2.45) is 0 Å². The molecule has 4 nitrogen and oxygen atoms in total. The number of pyridine rings is 1. The SMILES string of the molecule is Cc1nc(CN[C@H](C)c2cccnc2)oc1C. The van der Waals surface area contributed by atoms with Gasteiger partial charge in [0.05, 0.1) is 12.2 Å². The molecule has 0 aliphatic rings. The third kappa shape index (κ3) is 2.91. The first-order valence-corrected chi connectivity index (χ1v) is 5.73. The van der Waals surface area contributed by atoms with Crippen LogP contribution in [0.4, 0.5) is 0 Å². The molecule has 0 bridgehead atoms. The molecule has 2 rings (SSSR count). The summed E-state index contributed by atoms with van der Waals surface area (Å²) in [7, 11) is 0. The molecule has 0 unspecified atom stereocenters. The Balaban J connectivity index is 1.94. The zero-order valence-corrected chi connectivity index (χ0v) is 10.4. The molecule has 1 atom stereocenters. The molecule has 0 aliphatic heterocycles. The normalized spacial score (nSPS) is 12.6. The van der Waals surface area contributed by atoms with Crippen LogP contribution in [0.3, 0.4) is 0 Å². The van der Waals surface area contributed by atoms with Crippen LogP contribution < -0.4 is 5.32 Å². The van der Waals surface area contributed by atoms with Crippen molar-refractivity contribution in [2.45, 2.75) is 33.4 Å². The molecule has 0 amide bonds. The number of aryl methyl sites for hydroxylation is 2. The fourth-order valence-corrected chi connectivity index (χ4v) is 1.61. The molecular formula is C13H17N3O. The van der Waals surface area contributed by atoms with Crippen molar-refractivity contribution in [3.8, 4) is 0 Å². The van der Waals surface area contributed by atoms with Gasteiger partial charge in [-0.05, 0) is 32.4 Å². The van der Waals surface area contributed by atoms with E-state index in [0.717, 1.165) is 22.9 Å². The minimum atomic E-state index is 0.233. The van der Waals surface area contributed by atoms with Gasteiger partial charge in [0.25, 0.3) is 0 Å². The van der Waals surface area contributed by atoms with E-state index in [2.05, 4.69) is 28.3 Å². The topological polar surface area (TPSA) is 51.0 Å². The van der Waals surface area contributed by atoms with Crippen LogP contribution in [-0.4, -0.2) is 9.97 Å². The van der Waals surface area contributed by atoms with Gasteiger partial charge in [0.1, 0.15) is 5.76 Å². The van der Waals surface area contributed by atoms with Crippen molar-refractivity contribution in [1.82, 2.24) is 15.3 Å². The second-order valence-electron chi connectivity index (χ2n) is 4.14. The largest absolute Gasteiger partial charge is 0.444 e. The average molecular weight is 231 g/mol. The van der Waals surface area contributed by atoms with Crippen molar-refractivity contribution in [1.29, 1.82) is 0 Å². The van der Waals surface area contributed by atoms with Gasteiger partial charge in [0.2, 0.25) is 5.89 Å². The van der Waals surface area contributed by atoms with Gasteiger partial charge in [0, 0.05) is 18.4 Å². The lowest BCUT2D eigenvalue weighted by Gasteiger charge is -2.11. The van der Waals surface area contributed by atoms with E-state index in [9.17, 15) is 0 Å². The second-order valence-corrected chi connectivity index (χ2v) is 4.14. The Morgan fingerprint density at radius 1 is 1.41 bits per heavy atom. The number of hydrogen-bond donors (Lipinski definition) is 1. The first-order valence-electron chi connectivity index (χ1n) is 5.73. The van der Waals surface area contributed by atoms with Gasteiger partial charge in [0.15, 0.2) is 0 Å². The van der Waals surface area contributed by atoms with Crippen LogP contribution in [-0.2, 0) is 6.54 Å². The summed E-state index contributed by atoms with van der Waals surface area (Å²) < 4.78 is 5.51. The summed E-state index contributed by atoms with van der Waals surface area (Å²) in [6, 6.07) is 4.22. The van der Waals surface area contributed by atoms with Gasteiger partial charge in [-0.2, -0.15) is 0 Å². The van der Waals surface area contributed by atoms with Crippen LogP contribution in [0.5, 0.6) is 0 Å². The minimum absolute atomic E-state index is 0.233. The lowest BCUT2D eigenvalue weighted by molar-refractivity contribution is 0.432. The molecular weight excluding hydrogens is 214 g/mol. The molecule has 17 heavy (non-hydrogen) atoms. The summed E-state index contributed by atoms with van der Waals surface area (Å²) >= 11 is 0. The molecule has 2 aromatic rings. The first kappa shape index (κ1) is 11.8. The van der Waals surface area contributed by atoms with Gasteiger partial charge in [-0.1, -0.05) is 6.07 Å². The number of nitrogens with one attached hydrogen (secondary N) is 1. The summed E-state index contributed by atoms with van der Waals surface area (Å²) in [6.07, 6.45) is 3.64. The maximum absolute atomic E-state index is 5.51. The summed E-state index contributed by atoms with van der Waals surface area (Å²) in [5.74, 6) is 1.62. The van der Waals surface area contributed by atoms with E-state index in [1.54, 1.807) is 6.20 Å². The Labute approximate surface area is 101 Å². The number of hydrogen-bond acceptors (Lipinski definition) is 4. The molecule has 4 heteroatoms. The first-order chi connectivity index (χ1) is 8.16. The summed E-state index contributed by atoms with van der Waals surface area (Å²) in [4.78, 5) is 8.43. The minimum Gasteiger partial charge on any atom is -0.444 e. The second kappa shape index (κ2) is 5.10. The van der Waals surface area contributed by atoms with E-state index in [-0.39, 0.29) is 6.04 Å². The highest BCUT2D eigenvalue weighted by atomic mass is 16.4. The lowest BCUT2D eigenvalue weighted by atomic mass is 10.1. The molecule has 2 heterocycles. The zero-order valence-electron chi connectivity index (χ0n) is 10.4. The van der Waals surface area contributed by atoms with Crippen molar-refractivity contribution >= 4 is 0 Å². The van der Waals surface area contributed by atoms with E-state index in [4.69, 9.17) is 4.42 Å². The van der Waals surface area contributed by atoms with Crippen LogP contribution in [0.25, 0.3) is 0 Å². The highest BCUT2D eigenvalue weighted by Crippen LogP contribution is 2.12. The average Bonchev–Trinajstić information content (AvgIpc) is 2.67. The number of nitrogens with zero attached hydrogens (tertiary/aromatic N) is 2. The summed E-state index contributed by atoms with van der Waals surface area (Å²) in [5, 5.41) is 3.36. The van der Waals surface area contributed by atoms with Crippen molar-refractivity contribution < 1.29 is 4.42 Å². The molecule has 0 radical (unpaired) electrons. The quantitative estimate of drug-likeness (QED) is 0.878. The van der Waals surface area contributed by atoms with E-state index in [0.29, 0.717) is 6.54 Å². The monoisotopic (exact) mass is 231 g/mol.